The van der Waals surface area contributed by atoms with Crippen LogP contribution in [-0.2, 0) is 13.9 Å². The predicted octanol–water partition coefficient (Wildman–Crippen LogP) is 3.88. The largest absolute Gasteiger partial charge is 0.399 e. The topological polar surface area (TPSA) is 27.7 Å². The van der Waals surface area contributed by atoms with Crippen LogP contribution in [-0.4, -0.2) is 33.9 Å². The first-order valence-corrected chi connectivity index (χ1v) is 11.4. The Balaban J connectivity index is 2.14. The number of methoxy groups -OCH3 is 1. The van der Waals surface area contributed by atoms with Gasteiger partial charge in [-0.1, -0.05) is 87.5 Å². The lowest BCUT2D eigenvalue weighted by Gasteiger charge is -2.45. The lowest BCUT2D eigenvalue weighted by molar-refractivity contribution is -0.137. The van der Waals surface area contributed by atoms with Gasteiger partial charge in [0.1, 0.15) is 0 Å². The zero-order valence-corrected chi connectivity index (χ0v) is 17.7. The number of hydrogen-bond acceptors (Lipinski definition) is 3. The maximum absolute atomic E-state index is 7.11. The molecule has 1 saturated heterocycles. The molecule has 0 bridgehead atoms. The van der Waals surface area contributed by atoms with Crippen molar-refractivity contribution in [2.45, 2.75) is 50.7 Å². The molecule has 0 aromatic heterocycles. The summed E-state index contributed by atoms with van der Waals surface area (Å²) in [6.07, 6.45) is 2.03. The number of benzene rings is 2. The SMILES string of the molecule is C=C[C@@H]1C[C@H](O[Si](c2ccccc2)(c2ccccc2)C(C)(C)C)[C@@H](OC)O1. The van der Waals surface area contributed by atoms with E-state index in [2.05, 4.69) is 88.0 Å². The van der Waals surface area contributed by atoms with E-state index in [4.69, 9.17) is 13.9 Å². The highest BCUT2D eigenvalue weighted by atomic mass is 28.4. The molecule has 3 atom stereocenters. The minimum absolute atomic E-state index is 0.0434. The van der Waals surface area contributed by atoms with Gasteiger partial charge in [-0.3, -0.25) is 0 Å². The van der Waals surface area contributed by atoms with Crippen LogP contribution in [0.1, 0.15) is 27.2 Å². The van der Waals surface area contributed by atoms with Crippen LogP contribution in [0.2, 0.25) is 5.04 Å². The summed E-state index contributed by atoms with van der Waals surface area (Å²) in [5.41, 5.74) is 0. The molecule has 0 amide bonds. The minimum Gasteiger partial charge on any atom is -0.399 e. The molecule has 0 saturated carbocycles. The van der Waals surface area contributed by atoms with Crippen LogP contribution in [0.5, 0.6) is 0 Å². The fraction of sp³-hybridized carbons (Fsp3) is 0.391. The Morgan fingerprint density at radius 1 is 1.00 bits per heavy atom. The average Bonchev–Trinajstić information content (AvgIpc) is 3.08. The molecule has 4 heteroatoms. The standard InChI is InChI=1S/C23H30O3Si/c1-6-18-17-21(22(24-5)25-18)26-27(23(2,3)4,19-13-9-7-10-14-19)20-15-11-8-12-16-20/h6-16,18,21-22H,1,17H2,2-5H3/t18-,21+,22+/m1/s1. The summed E-state index contributed by atoms with van der Waals surface area (Å²) in [5.74, 6) is 0. The molecule has 1 aliphatic heterocycles. The van der Waals surface area contributed by atoms with Crippen molar-refractivity contribution in [2.75, 3.05) is 7.11 Å². The van der Waals surface area contributed by atoms with E-state index in [0.29, 0.717) is 0 Å². The van der Waals surface area contributed by atoms with Gasteiger partial charge < -0.3 is 13.9 Å². The van der Waals surface area contributed by atoms with E-state index in [1.807, 2.05) is 6.08 Å². The molecule has 0 unspecified atom stereocenters. The summed E-state index contributed by atoms with van der Waals surface area (Å²) in [6, 6.07) is 21.3. The summed E-state index contributed by atoms with van der Waals surface area (Å²) >= 11 is 0. The van der Waals surface area contributed by atoms with Crippen molar-refractivity contribution >= 4 is 18.7 Å². The molecule has 3 rings (SSSR count). The van der Waals surface area contributed by atoms with Gasteiger partial charge in [0, 0.05) is 13.5 Å². The van der Waals surface area contributed by atoms with Crippen LogP contribution in [0, 0.1) is 0 Å². The van der Waals surface area contributed by atoms with Crippen molar-refractivity contribution in [3.05, 3.63) is 73.3 Å². The molecule has 1 heterocycles. The second-order valence-corrected chi connectivity index (χ2v) is 12.3. The molecule has 0 aliphatic carbocycles. The van der Waals surface area contributed by atoms with Crippen molar-refractivity contribution in [1.82, 2.24) is 0 Å². The first-order valence-electron chi connectivity index (χ1n) is 9.52. The number of hydrogen-bond donors (Lipinski definition) is 0. The van der Waals surface area contributed by atoms with Crippen molar-refractivity contribution in [3.8, 4) is 0 Å². The highest BCUT2D eigenvalue weighted by Gasteiger charge is 2.53. The quantitative estimate of drug-likeness (QED) is 0.561. The highest BCUT2D eigenvalue weighted by molar-refractivity contribution is 6.99. The van der Waals surface area contributed by atoms with Gasteiger partial charge in [0.25, 0.3) is 8.32 Å². The fourth-order valence-corrected chi connectivity index (χ4v) is 8.71. The van der Waals surface area contributed by atoms with Crippen molar-refractivity contribution < 1.29 is 13.9 Å². The Bertz CT molecular complexity index is 700. The highest BCUT2D eigenvalue weighted by Crippen LogP contribution is 2.39. The van der Waals surface area contributed by atoms with Gasteiger partial charge in [-0.15, -0.1) is 6.58 Å². The van der Waals surface area contributed by atoms with Gasteiger partial charge >= 0.3 is 0 Å². The molecule has 0 N–H and O–H groups in total. The third kappa shape index (κ3) is 3.80. The lowest BCUT2D eigenvalue weighted by atomic mass is 10.2. The van der Waals surface area contributed by atoms with E-state index in [9.17, 15) is 0 Å². The molecule has 1 aliphatic rings. The zero-order chi connectivity index (χ0) is 19.5. The van der Waals surface area contributed by atoms with Gasteiger partial charge in [0.15, 0.2) is 6.29 Å². The van der Waals surface area contributed by atoms with E-state index in [-0.39, 0.29) is 23.5 Å². The van der Waals surface area contributed by atoms with Gasteiger partial charge in [-0.25, -0.2) is 0 Å². The fourth-order valence-electron chi connectivity index (χ4n) is 4.04. The van der Waals surface area contributed by atoms with Crippen LogP contribution in [0.3, 0.4) is 0 Å². The predicted molar refractivity (Wildman–Crippen MR) is 113 cm³/mol. The first-order chi connectivity index (χ1) is 12.9. The van der Waals surface area contributed by atoms with Gasteiger partial charge in [-0.2, -0.15) is 0 Å². The van der Waals surface area contributed by atoms with Crippen molar-refractivity contribution in [3.63, 3.8) is 0 Å². The first kappa shape index (κ1) is 20.0. The Hall–Kier alpha value is -1.72. The monoisotopic (exact) mass is 382 g/mol. The van der Waals surface area contributed by atoms with Crippen LogP contribution >= 0.6 is 0 Å². The van der Waals surface area contributed by atoms with E-state index < -0.39 is 8.32 Å². The van der Waals surface area contributed by atoms with E-state index in [1.54, 1.807) is 7.11 Å². The number of ether oxygens (including phenoxy) is 2. The Morgan fingerprint density at radius 2 is 1.52 bits per heavy atom. The van der Waals surface area contributed by atoms with E-state index in [0.717, 1.165) is 6.42 Å². The molecule has 3 nitrogen and oxygen atoms in total. The van der Waals surface area contributed by atoms with E-state index in [1.165, 1.54) is 10.4 Å². The smallest absolute Gasteiger partial charge is 0.261 e. The molecule has 0 radical (unpaired) electrons. The second kappa shape index (κ2) is 8.11. The number of rotatable bonds is 6. The third-order valence-corrected chi connectivity index (χ3v) is 10.4. The Labute approximate surface area is 164 Å². The summed E-state index contributed by atoms with van der Waals surface area (Å²) in [6.45, 7) is 10.7. The normalized spacial score (nSPS) is 23.3. The van der Waals surface area contributed by atoms with Gasteiger partial charge in [-0.05, 0) is 15.4 Å². The van der Waals surface area contributed by atoms with Crippen LogP contribution < -0.4 is 10.4 Å². The Morgan fingerprint density at radius 3 is 1.93 bits per heavy atom. The van der Waals surface area contributed by atoms with Crippen molar-refractivity contribution in [1.29, 1.82) is 0 Å². The summed E-state index contributed by atoms with van der Waals surface area (Å²) in [5, 5.41) is 2.46. The van der Waals surface area contributed by atoms with Crippen LogP contribution in [0.4, 0.5) is 0 Å². The molecule has 0 spiro atoms. The van der Waals surface area contributed by atoms with Gasteiger partial charge in [0.2, 0.25) is 0 Å². The minimum atomic E-state index is -2.61. The molecular weight excluding hydrogens is 352 g/mol. The van der Waals surface area contributed by atoms with E-state index >= 15 is 0 Å². The zero-order valence-electron chi connectivity index (χ0n) is 16.7. The molecule has 2 aromatic rings. The third-order valence-electron chi connectivity index (χ3n) is 5.32. The maximum Gasteiger partial charge on any atom is 0.261 e. The summed E-state index contributed by atoms with van der Waals surface area (Å²) < 4.78 is 18.7. The van der Waals surface area contributed by atoms with Gasteiger partial charge in [0.05, 0.1) is 12.2 Å². The molecule has 1 fully saturated rings. The molecular formula is C23H30O3Si. The second-order valence-electron chi connectivity index (χ2n) is 8.07. The summed E-state index contributed by atoms with van der Waals surface area (Å²) in [7, 11) is -0.931. The lowest BCUT2D eigenvalue weighted by Crippen LogP contribution is -2.68. The van der Waals surface area contributed by atoms with Crippen LogP contribution in [0.15, 0.2) is 73.3 Å². The molecule has 27 heavy (non-hydrogen) atoms. The van der Waals surface area contributed by atoms with Crippen LogP contribution in [0.25, 0.3) is 0 Å². The maximum atomic E-state index is 7.11. The molecule has 2 aromatic carbocycles. The van der Waals surface area contributed by atoms with Crippen molar-refractivity contribution in [2.24, 2.45) is 0 Å². The summed E-state index contributed by atoms with van der Waals surface area (Å²) in [4.78, 5) is 0. The molecule has 144 valence electrons. The Kier molecular flexibility index (Phi) is 6.01. The average molecular weight is 383 g/mol.